The number of nitrogens with one attached hydrogen (secondary N) is 1. The molecule has 22 heavy (non-hydrogen) atoms. The number of pyridine rings is 1. The Hall–Kier alpha value is -2.33. The summed E-state index contributed by atoms with van der Waals surface area (Å²) in [6, 6.07) is 9.40. The topological polar surface area (TPSA) is 42.8 Å². The first-order valence-corrected chi connectivity index (χ1v) is 6.67. The smallest absolute Gasteiger partial charge is 0.378 e. The van der Waals surface area contributed by atoms with Crippen LogP contribution in [0.1, 0.15) is 11.1 Å². The summed E-state index contributed by atoms with van der Waals surface area (Å²) in [7, 11) is 3.73. The summed E-state index contributed by atoms with van der Waals surface area (Å²) < 4.78 is 39.0. The molecule has 114 valence electrons. The molecule has 7 heteroatoms. The first-order valence-electron chi connectivity index (χ1n) is 6.26. The standard InChI is InChI=1S/C15H12F3N3S/c1-21(2)10-5-3-9(4-6-10)13-7-12(15(16,17)18)11(8-19)14(22)20-13/h3-7H,1-2H3,(H,20,22). The molecule has 1 aromatic carbocycles. The fourth-order valence-electron chi connectivity index (χ4n) is 1.99. The molecule has 0 unspecified atom stereocenters. The van der Waals surface area contributed by atoms with Gasteiger partial charge in [-0.3, -0.25) is 0 Å². The van der Waals surface area contributed by atoms with Gasteiger partial charge >= 0.3 is 6.18 Å². The van der Waals surface area contributed by atoms with Crippen LogP contribution < -0.4 is 4.90 Å². The van der Waals surface area contributed by atoms with Crippen molar-refractivity contribution in [3.05, 3.63) is 46.1 Å². The summed E-state index contributed by atoms with van der Waals surface area (Å²) in [4.78, 5) is 4.56. The molecule has 0 atom stereocenters. The van der Waals surface area contributed by atoms with Crippen molar-refractivity contribution in [2.24, 2.45) is 0 Å². The summed E-state index contributed by atoms with van der Waals surface area (Å²) in [5.41, 5.74) is 0.127. The van der Waals surface area contributed by atoms with E-state index in [-0.39, 0.29) is 10.3 Å². The molecule has 0 radical (unpaired) electrons. The fourth-order valence-corrected chi connectivity index (χ4v) is 2.25. The van der Waals surface area contributed by atoms with E-state index in [4.69, 9.17) is 17.5 Å². The van der Waals surface area contributed by atoms with Gasteiger partial charge in [-0.2, -0.15) is 18.4 Å². The number of anilines is 1. The summed E-state index contributed by atoms with van der Waals surface area (Å²) in [5, 5.41) is 8.88. The van der Waals surface area contributed by atoms with Gasteiger partial charge in [0, 0.05) is 25.5 Å². The molecule has 0 saturated heterocycles. The molecule has 0 amide bonds. The van der Waals surface area contributed by atoms with E-state index >= 15 is 0 Å². The predicted octanol–water partition coefficient (Wildman–Crippen LogP) is 4.37. The van der Waals surface area contributed by atoms with Gasteiger partial charge in [0.1, 0.15) is 10.7 Å². The number of hydrogen-bond donors (Lipinski definition) is 1. The van der Waals surface area contributed by atoms with Gasteiger partial charge in [-0.15, -0.1) is 0 Å². The number of halogens is 3. The highest BCUT2D eigenvalue weighted by Gasteiger charge is 2.34. The number of aromatic nitrogens is 1. The molecule has 2 rings (SSSR count). The van der Waals surface area contributed by atoms with Crippen LogP contribution in [-0.2, 0) is 6.18 Å². The number of H-pyrrole nitrogens is 1. The van der Waals surface area contributed by atoms with Crippen molar-refractivity contribution < 1.29 is 13.2 Å². The maximum atomic E-state index is 13.1. The van der Waals surface area contributed by atoms with E-state index in [0.717, 1.165) is 11.8 Å². The molecule has 2 aromatic rings. The molecule has 1 N–H and O–H groups in total. The normalized spacial score (nSPS) is 11.1. The number of alkyl halides is 3. The monoisotopic (exact) mass is 323 g/mol. The number of nitrogens with zero attached hydrogens (tertiary/aromatic N) is 2. The lowest BCUT2D eigenvalue weighted by atomic mass is 10.1. The first kappa shape index (κ1) is 16.0. The van der Waals surface area contributed by atoms with Crippen LogP contribution in [0.3, 0.4) is 0 Å². The minimum Gasteiger partial charge on any atom is -0.378 e. The van der Waals surface area contributed by atoms with Gasteiger partial charge in [-0.05, 0) is 23.8 Å². The van der Waals surface area contributed by atoms with Crippen molar-refractivity contribution in [3.63, 3.8) is 0 Å². The van der Waals surface area contributed by atoms with Gasteiger partial charge in [0.05, 0.1) is 11.1 Å². The van der Waals surface area contributed by atoms with Crippen LogP contribution in [0.4, 0.5) is 18.9 Å². The van der Waals surface area contributed by atoms with Crippen LogP contribution in [0.15, 0.2) is 30.3 Å². The number of rotatable bonds is 2. The quantitative estimate of drug-likeness (QED) is 0.835. The average Bonchev–Trinajstić information content (AvgIpc) is 2.45. The zero-order valence-corrected chi connectivity index (χ0v) is 12.6. The number of nitriles is 1. The zero-order chi connectivity index (χ0) is 16.5. The lowest BCUT2D eigenvalue weighted by Gasteiger charge is -2.14. The third kappa shape index (κ3) is 3.12. The molecular weight excluding hydrogens is 311 g/mol. The van der Waals surface area contributed by atoms with E-state index in [9.17, 15) is 13.2 Å². The van der Waals surface area contributed by atoms with E-state index in [1.54, 1.807) is 24.3 Å². The van der Waals surface area contributed by atoms with Gasteiger partial charge in [0.2, 0.25) is 0 Å². The molecule has 0 bridgehead atoms. The first-order chi connectivity index (χ1) is 10.2. The van der Waals surface area contributed by atoms with E-state index in [1.165, 1.54) is 6.07 Å². The van der Waals surface area contributed by atoms with Gasteiger partial charge in [0.25, 0.3) is 0 Å². The molecule has 0 aliphatic rings. The van der Waals surface area contributed by atoms with Gasteiger partial charge < -0.3 is 9.88 Å². The van der Waals surface area contributed by atoms with Crippen molar-refractivity contribution in [2.75, 3.05) is 19.0 Å². The summed E-state index contributed by atoms with van der Waals surface area (Å²) >= 11 is 4.88. The largest absolute Gasteiger partial charge is 0.417 e. The Morgan fingerprint density at radius 2 is 1.77 bits per heavy atom. The molecule has 3 nitrogen and oxygen atoms in total. The van der Waals surface area contributed by atoms with Crippen LogP contribution in [0, 0.1) is 16.0 Å². The molecule has 0 fully saturated rings. The minimum absolute atomic E-state index is 0.219. The second kappa shape index (κ2) is 5.81. The highest BCUT2D eigenvalue weighted by Crippen LogP contribution is 2.34. The van der Waals surface area contributed by atoms with Crippen LogP contribution in [-0.4, -0.2) is 19.1 Å². The Morgan fingerprint density at radius 1 is 1.18 bits per heavy atom. The number of benzene rings is 1. The third-order valence-electron chi connectivity index (χ3n) is 3.15. The maximum Gasteiger partial charge on any atom is 0.417 e. The molecule has 0 spiro atoms. The van der Waals surface area contributed by atoms with Crippen LogP contribution in [0.5, 0.6) is 0 Å². The Kier molecular flexibility index (Phi) is 4.24. The lowest BCUT2D eigenvalue weighted by molar-refractivity contribution is -0.137. The molecular formula is C15H12F3N3S. The van der Waals surface area contributed by atoms with Crippen LogP contribution >= 0.6 is 12.2 Å². The van der Waals surface area contributed by atoms with Crippen molar-refractivity contribution in [3.8, 4) is 17.3 Å². The summed E-state index contributed by atoms with van der Waals surface area (Å²) in [6.45, 7) is 0. The zero-order valence-electron chi connectivity index (χ0n) is 11.8. The second-order valence-corrected chi connectivity index (χ2v) is 5.26. The predicted molar refractivity (Wildman–Crippen MR) is 81.1 cm³/mol. The second-order valence-electron chi connectivity index (χ2n) is 4.85. The third-order valence-corrected chi connectivity index (χ3v) is 3.45. The summed E-state index contributed by atoms with van der Waals surface area (Å²) in [6.07, 6.45) is -4.63. The Balaban J connectivity index is 2.60. The van der Waals surface area contributed by atoms with E-state index in [1.807, 2.05) is 19.0 Å². The molecule has 0 aliphatic heterocycles. The highest BCUT2D eigenvalue weighted by atomic mass is 32.1. The van der Waals surface area contributed by atoms with Crippen molar-refractivity contribution in [1.29, 1.82) is 5.26 Å². The maximum absolute atomic E-state index is 13.1. The number of hydrogen-bond acceptors (Lipinski definition) is 3. The highest BCUT2D eigenvalue weighted by molar-refractivity contribution is 7.71. The Morgan fingerprint density at radius 3 is 2.23 bits per heavy atom. The van der Waals surface area contributed by atoms with Gasteiger partial charge in [-0.25, -0.2) is 0 Å². The van der Waals surface area contributed by atoms with E-state index in [0.29, 0.717) is 5.56 Å². The lowest BCUT2D eigenvalue weighted by Crippen LogP contribution is -2.10. The van der Waals surface area contributed by atoms with E-state index < -0.39 is 17.3 Å². The molecule has 1 heterocycles. The van der Waals surface area contributed by atoms with Crippen LogP contribution in [0.2, 0.25) is 0 Å². The number of aromatic amines is 1. The van der Waals surface area contributed by atoms with Crippen molar-refractivity contribution in [1.82, 2.24) is 4.98 Å². The summed E-state index contributed by atoms with van der Waals surface area (Å²) in [5.74, 6) is 0. The Bertz CT molecular complexity index is 784. The molecule has 0 saturated carbocycles. The Labute approximate surface area is 130 Å². The molecule has 0 aliphatic carbocycles. The van der Waals surface area contributed by atoms with Crippen molar-refractivity contribution >= 4 is 17.9 Å². The SMILES string of the molecule is CN(C)c1ccc(-c2cc(C(F)(F)F)c(C#N)c(=S)[nH]2)cc1. The van der Waals surface area contributed by atoms with Crippen LogP contribution in [0.25, 0.3) is 11.3 Å². The van der Waals surface area contributed by atoms with Gasteiger partial charge in [0.15, 0.2) is 0 Å². The average molecular weight is 323 g/mol. The molecule has 1 aromatic heterocycles. The van der Waals surface area contributed by atoms with E-state index in [2.05, 4.69) is 4.98 Å². The fraction of sp³-hybridized carbons (Fsp3) is 0.200. The van der Waals surface area contributed by atoms with Gasteiger partial charge in [-0.1, -0.05) is 24.4 Å². The van der Waals surface area contributed by atoms with Crippen molar-refractivity contribution in [2.45, 2.75) is 6.18 Å². The minimum atomic E-state index is -4.63.